The summed E-state index contributed by atoms with van der Waals surface area (Å²) in [7, 11) is 0. The summed E-state index contributed by atoms with van der Waals surface area (Å²) in [6.45, 7) is 6.00. The molecule has 1 heterocycles. The van der Waals surface area contributed by atoms with Crippen molar-refractivity contribution >= 4 is 0 Å². The van der Waals surface area contributed by atoms with E-state index < -0.39 is 6.17 Å². The average molecular weight is 175 g/mol. The van der Waals surface area contributed by atoms with Crippen LogP contribution in [-0.2, 0) is 4.74 Å². The largest absolute Gasteiger partial charge is 0.380 e. The minimum atomic E-state index is -0.611. The molecule has 1 rings (SSSR count). The van der Waals surface area contributed by atoms with Crippen LogP contribution in [0.5, 0.6) is 0 Å². The maximum atomic E-state index is 12.9. The second-order valence-electron chi connectivity index (χ2n) is 3.24. The highest BCUT2D eigenvalue weighted by atomic mass is 19.1. The van der Waals surface area contributed by atoms with Crippen molar-refractivity contribution in [2.45, 2.75) is 25.9 Å². The molecule has 12 heavy (non-hydrogen) atoms. The lowest BCUT2D eigenvalue weighted by molar-refractivity contribution is 0.0818. The fourth-order valence-electron chi connectivity index (χ4n) is 1.54. The lowest BCUT2D eigenvalue weighted by Crippen LogP contribution is -2.38. The summed E-state index contributed by atoms with van der Waals surface area (Å²) in [4.78, 5) is 2.14. The topological polar surface area (TPSA) is 12.5 Å². The van der Waals surface area contributed by atoms with Crippen molar-refractivity contribution in [1.82, 2.24) is 4.90 Å². The van der Waals surface area contributed by atoms with Gasteiger partial charge in [-0.3, -0.25) is 4.90 Å². The maximum absolute atomic E-state index is 12.9. The Balaban J connectivity index is 2.06. The Morgan fingerprint density at radius 2 is 2.42 bits per heavy atom. The summed E-state index contributed by atoms with van der Waals surface area (Å²) in [5.74, 6) is 0. The molecule has 1 fully saturated rings. The molecule has 0 amide bonds. The summed E-state index contributed by atoms with van der Waals surface area (Å²) in [6.07, 6.45) is 1.12. The number of nitrogens with zero attached hydrogens (tertiary/aromatic N) is 1. The Morgan fingerprint density at radius 3 is 3.08 bits per heavy atom. The minimum Gasteiger partial charge on any atom is -0.380 e. The number of alkyl halides is 1. The number of piperidine rings is 1. The quantitative estimate of drug-likeness (QED) is 0.600. The van der Waals surface area contributed by atoms with Gasteiger partial charge >= 0.3 is 0 Å². The molecule has 1 aliphatic heterocycles. The number of hydrogen-bond acceptors (Lipinski definition) is 2. The molecule has 0 bridgehead atoms. The van der Waals surface area contributed by atoms with Crippen molar-refractivity contribution < 1.29 is 9.13 Å². The van der Waals surface area contributed by atoms with Crippen LogP contribution < -0.4 is 0 Å². The number of rotatable bonds is 4. The van der Waals surface area contributed by atoms with E-state index in [1.165, 1.54) is 0 Å². The van der Waals surface area contributed by atoms with Crippen LogP contribution in [0.1, 0.15) is 19.8 Å². The fourth-order valence-corrected chi connectivity index (χ4v) is 1.54. The maximum Gasteiger partial charge on any atom is 0.113 e. The lowest BCUT2D eigenvalue weighted by Gasteiger charge is -2.28. The molecule has 1 aliphatic rings. The second-order valence-corrected chi connectivity index (χ2v) is 3.24. The summed E-state index contributed by atoms with van der Waals surface area (Å²) in [5.41, 5.74) is 0. The molecule has 1 saturated heterocycles. The summed E-state index contributed by atoms with van der Waals surface area (Å²) >= 11 is 0. The third-order valence-electron chi connectivity index (χ3n) is 2.20. The van der Waals surface area contributed by atoms with Gasteiger partial charge in [-0.1, -0.05) is 0 Å². The first-order valence-electron chi connectivity index (χ1n) is 4.77. The third kappa shape index (κ3) is 3.50. The van der Waals surface area contributed by atoms with E-state index in [0.717, 1.165) is 39.1 Å². The first-order chi connectivity index (χ1) is 5.83. The Hall–Kier alpha value is -0.150. The molecule has 0 spiro atoms. The van der Waals surface area contributed by atoms with E-state index in [-0.39, 0.29) is 0 Å². The van der Waals surface area contributed by atoms with Gasteiger partial charge in [0, 0.05) is 19.7 Å². The van der Waals surface area contributed by atoms with Gasteiger partial charge in [-0.05, 0) is 26.3 Å². The van der Waals surface area contributed by atoms with E-state index in [4.69, 9.17) is 4.74 Å². The zero-order valence-electron chi connectivity index (χ0n) is 7.76. The summed E-state index contributed by atoms with van der Waals surface area (Å²) in [5, 5.41) is 0. The standard InChI is InChI=1S/C9H18FNO/c1-2-12-7-6-11-5-3-4-9(10)8-11/h9H,2-8H2,1H3. The van der Waals surface area contributed by atoms with Crippen molar-refractivity contribution in [2.75, 3.05) is 32.8 Å². The molecule has 0 aromatic rings. The molecule has 0 aliphatic carbocycles. The fraction of sp³-hybridized carbons (Fsp3) is 1.00. The number of hydrogen-bond donors (Lipinski definition) is 0. The lowest BCUT2D eigenvalue weighted by atomic mass is 10.1. The molecule has 0 aromatic carbocycles. The molecule has 0 saturated carbocycles. The molecule has 0 N–H and O–H groups in total. The van der Waals surface area contributed by atoms with Crippen molar-refractivity contribution in [2.24, 2.45) is 0 Å². The highest BCUT2D eigenvalue weighted by Gasteiger charge is 2.17. The second kappa shape index (κ2) is 5.49. The molecule has 1 atom stereocenters. The predicted molar refractivity (Wildman–Crippen MR) is 47.1 cm³/mol. The van der Waals surface area contributed by atoms with Gasteiger partial charge in [-0.25, -0.2) is 4.39 Å². The number of likely N-dealkylation sites (tertiary alicyclic amines) is 1. The molecule has 2 nitrogen and oxygen atoms in total. The molecule has 72 valence electrons. The van der Waals surface area contributed by atoms with Crippen LogP contribution in [0.2, 0.25) is 0 Å². The molecule has 3 heteroatoms. The van der Waals surface area contributed by atoms with E-state index >= 15 is 0 Å². The van der Waals surface area contributed by atoms with Crippen LogP contribution in [0.15, 0.2) is 0 Å². The molecule has 0 aromatic heterocycles. The van der Waals surface area contributed by atoms with Gasteiger partial charge in [0.05, 0.1) is 6.61 Å². The van der Waals surface area contributed by atoms with Crippen LogP contribution in [0.25, 0.3) is 0 Å². The Labute approximate surface area is 73.7 Å². The van der Waals surface area contributed by atoms with E-state index in [2.05, 4.69) is 4.90 Å². The van der Waals surface area contributed by atoms with Gasteiger partial charge in [0.1, 0.15) is 6.17 Å². The average Bonchev–Trinajstić information content (AvgIpc) is 2.05. The molecule has 1 unspecified atom stereocenters. The van der Waals surface area contributed by atoms with Gasteiger partial charge in [0.25, 0.3) is 0 Å². The van der Waals surface area contributed by atoms with Crippen LogP contribution in [-0.4, -0.2) is 43.9 Å². The van der Waals surface area contributed by atoms with Crippen molar-refractivity contribution in [3.05, 3.63) is 0 Å². The van der Waals surface area contributed by atoms with Crippen LogP contribution >= 0.6 is 0 Å². The highest BCUT2D eigenvalue weighted by Crippen LogP contribution is 2.11. The molecular weight excluding hydrogens is 157 g/mol. The van der Waals surface area contributed by atoms with E-state index in [1.807, 2.05) is 6.92 Å². The highest BCUT2D eigenvalue weighted by molar-refractivity contribution is 4.71. The Bertz CT molecular complexity index is 121. The van der Waals surface area contributed by atoms with Gasteiger partial charge in [-0.15, -0.1) is 0 Å². The molecule has 0 radical (unpaired) electrons. The smallest absolute Gasteiger partial charge is 0.113 e. The van der Waals surface area contributed by atoms with Crippen LogP contribution in [0.3, 0.4) is 0 Å². The van der Waals surface area contributed by atoms with Gasteiger partial charge < -0.3 is 4.74 Å². The zero-order chi connectivity index (χ0) is 8.81. The van der Waals surface area contributed by atoms with E-state index in [9.17, 15) is 4.39 Å². The van der Waals surface area contributed by atoms with Crippen molar-refractivity contribution in [1.29, 1.82) is 0 Å². The Morgan fingerprint density at radius 1 is 1.58 bits per heavy atom. The van der Waals surface area contributed by atoms with Crippen molar-refractivity contribution in [3.63, 3.8) is 0 Å². The predicted octanol–water partition coefficient (Wildman–Crippen LogP) is 1.46. The first-order valence-corrected chi connectivity index (χ1v) is 4.77. The van der Waals surface area contributed by atoms with Gasteiger partial charge in [0.2, 0.25) is 0 Å². The summed E-state index contributed by atoms with van der Waals surface area (Å²) in [6, 6.07) is 0. The third-order valence-corrected chi connectivity index (χ3v) is 2.20. The minimum absolute atomic E-state index is 0.604. The van der Waals surface area contributed by atoms with Crippen molar-refractivity contribution in [3.8, 4) is 0 Å². The zero-order valence-corrected chi connectivity index (χ0v) is 7.76. The number of ether oxygens (including phenoxy) is 1. The summed E-state index contributed by atoms with van der Waals surface area (Å²) < 4.78 is 18.1. The van der Waals surface area contributed by atoms with Crippen LogP contribution in [0.4, 0.5) is 4.39 Å². The van der Waals surface area contributed by atoms with Crippen LogP contribution in [0, 0.1) is 0 Å². The normalized spacial score (nSPS) is 26.0. The van der Waals surface area contributed by atoms with Gasteiger partial charge in [0.15, 0.2) is 0 Å². The van der Waals surface area contributed by atoms with E-state index in [0.29, 0.717) is 6.54 Å². The SMILES string of the molecule is CCOCCN1CCCC(F)C1. The monoisotopic (exact) mass is 175 g/mol. The first kappa shape index (κ1) is 9.93. The van der Waals surface area contributed by atoms with E-state index in [1.54, 1.807) is 0 Å². The molecular formula is C9H18FNO. The Kier molecular flexibility index (Phi) is 4.54. The number of halogens is 1. The van der Waals surface area contributed by atoms with Gasteiger partial charge in [-0.2, -0.15) is 0 Å².